The number of benzene rings is 1. The molecular formula is C17H20FN3O2. The van der Waals surface area contributed by atoms with Crippen molar-refractivity contribution in [2.75, 3.05) is 5.32 Å². The number of carbonyl (C=O) groups is 1. The van der Waals surface area contributed by atoms with Crippen molar-refractivity contribution in [3.05, 3.63) is 42.0 Å². The zero-order valence-corrected chi connectivity index (χ0v) is 13.1. The molecule has 1 aliphatic rings. The minimum absolute atomic E-state index is 0.0503. The second-order valence-corrected chi connectivity index (χ2v) is 6.28. The first-order valence-electron chi connectivity index (χ1n) is 7.79. The zero-order valence-electron chi connectivity index (χ0n) is 13.1. The highest BCUT2D eigenvalue weighted by molar-refractivity contribution is 5.91. The summed E-state index contributed by atoms with van der Waals surface area (Å²) in [5, 5.41) is 17.0. The molecule has 1 aliphatic carbocycles. The molecule has 0 atom stereocenters. The Balaban J connectivity index is 1.69. The highest BCUT2D eigenvalue weighted by Gasteiger charge is 2.33. The smallest absolute Gasteiger partial charge is 0.227 e. The quantitative estimate of drug-likeness (QED) is 0.911. The predicted octanol–water partition coefficient (Wildman–Crippen LogP) is 2.95. The second-order valence-electron chi connectivity index (χ2n) is 6.28. The summed E-state index contributed by atoms with van der Waals surface area (Å²) in [7, 11) is 0. The lowest BCUT2D eigenvalue weighted by Crippen LogP contribution is -2.30. The van der Waals surface area contributed by atoms with E-state index in [1.807, 2.05) is 6.92 Å². The third kappa shape index (κ3) is 3.59. The van der Waals surface area contributed by atoms with E-state index >= 15 is 0 Å². The maximum Gasteiger partial charge on any atom is 0.227 e. The summed E-state index contributed by atoms with van der Waals surface area (Å²) in [6.45, 7) is 1.88. The lowest BCUT2D eigenvalue weighted by molar-refractivity contribution is -0.120. The Morgan fingerprint density at radius 3 is 2.78 bits per heavy atom. The van der Waals surface area contributed by atoms with Gasteiger partial charge in [-0.15, -0.1) is 0 Å². The largest absolute Gasteiger partial charge is 0.389 e. The molecular weight excluding hydrogens is 297 g/mol. The number of nitrogens with zero attached hydrogens (tertiary/aromatic N) is 2. The molecule has 23 heavy (non-hydrogen) atoms. The Morgan fingerprint density at radius 1 is 1.43 bits per heavy atom. The van der Waals surface area contributed by atoms with Crippen LogP contribution in [0.1, 0.15) is 37.7 Å². The lowest BCUT2D eigenvalue weighted by atomic mass is 9.97. The van der Waals surface area contributed by atoms with Crippen molar-refractivity contribution in [2.45, 2.75) is 44.6 Å². The molecule has 1 aromatic heterocycles. The van der Waals surface area contributed by atoms with Gasteiger partial charge >= 0.3 is 0 Å². The minimum atomic E-state index is -0.908. The van der Waals surface area contributed by atoms with Crippen molar-refractivity contribution in [1.29, 1.82) is 0 Å². The molecule has 5 nitrogen and oxygen atoms in total. The fourth-order valence-corrected chi connectivity index (χ4v) is 3.03. The van der Waals surface area contributed by atoms with Gasteiger partial charge in [0.05, 0.1) is 18.2 Å². The SMILES string of the molecule is Cc1cnn(-c2ccc(NC(=O)CC3(O)CCCC3)cc2F)c1. The molecule has 1 heterocycles. The molecule has 0 spiro atoms. The Morgan fingerprint density at radius 2 is 2.17 bits per heavy atom. The molecule has 1 amide bonds. The Kier molecular flexibility index (Phi) is 4.17. The van der Waals surface area contributed by atoms with Crippen LogP contribution >= 0.6 is 0 Å². The van der Waals surface area contributed by atoms with E-state index < -0.39 is 11.4 Å². The van der Waals surface area contributed by atoms with Crippen LogP contribution < -0.4 is 5.32 Å². The summed E-state index contributed by atoms with van der Waals surface area (Å²) < 4.78 is 15.7. The van der Waals surface area contributed by atoms with Gasteiger partial charge in [0.25, 0.3) is 0 Å². The maximum absolute atomic E-state index is 14.2. The van der Waals surface area contributed by atoms with Crippen LogP contribution in [0.15, 0.2) is 30.6 Å². The number of halogens is 1. The summed E-state index contributed by atoms with van der Waals surface area (Å²) in [4.78, 5) is 12.0. The number of aromatic nitrogens is 2. The number of anilines is 1. The van der Waals surface area contributed by atoms with Crippen molar-refractivity contribution >= 4 is 11.6 Å². The van der Waals surface area contributed by atoms with Gasteiger partial charge in [-0.3, -0.25) is 4.79 Å². The molecule has 0 bridgehead atoms. The Bertz CT molecular complexity index is 720. The van der Waals surface area contributed by atoms with Crippen molar-refractivity contribution in [2.24, 2.45) is 0 Å². The van der Waals surface area contributed by atoms with E-state index in [1.54, 1.807) is 24.5 Å². The molecule has 0 radical (unpaired) electrons. The van der Waals surface area contributed by atoms with Gasteiger partial charge in [-0.05, 0) is 43.5 Å². The number of rotatable bonds is 4. The van der Waals surface area contributed by atoms with Crippen LogP contribution in [0.3, 0.4) is 0 Å². The number of hydrogen-bond acceptors (Lipinski definition) is 3. The third-order valence-electron chi connectivity index (χ3n) is 4.21. The first kappa shape index (κ1) is 15.7. The fraction of sp³-hybridized carbons (Fsp3) is 0.412. The molecule has 0 saturated heterocycles. The van der Waals surface area contributed by atoms with E-state index in [-0.39, 0.29) is 12.3 Å². The van der Waals surface area contributed by atoms with E-state index in [0.717, 1.165) is 18.4 Å². The van der Waals surface area contributed by atoms with Gasteiger partial charge in [0.2, 0.25) is 5.91 Å². The molecule has 0 unspecified atom stereocenters. The van der Waals surface area contributed by atoms with Crippen molar-refractivity contribution in [1.82, 2.24) is 9.78 Å². The van der Waals surface area contributed by atoms with E-state index in [1.165, 1.54) is 10.7 Å². The van der Waals surface area contributed by atoms with Crippen LogP contribution in [0, 0.1) is 12.7 Å². The lowest BCUT2D eigenvalue weighted by Gasteiger charge is -2.21. The monoisotopic (exact) mass is 317 g/mol. The summed E-state index contributed by atoms with van der Waals surface area (Å²) in [6.07, 6.45) is 6.60. The van der Waals surface area contributed by atoms with Crippen molar-refractivity contribution < 1.29 is 14.3 Å². The average Bonchev–Trinajstić information content (AvgIpc) is 3.08. The van der Waals surface area contributed by atoms with Crippen LogP contribution in [0.5, 0.6) is 0 Å². The molecule has 1 aromatic carbocycles. The highest BCUT2D eigenvalue weighted by Crippen LogP contribution is 2.32. The summed E-state index contributed by atoms with van der Waals surface area (Å²) >= 11 is 0. The molecule has 0 aliphatic heterocycles. The van der Waals surface area contributed by atoms with Crippen molar-refractivity contribution in [3.63, 3.8) is 0 Å². The molecule has 2 aromatic rings. The number of carbonyl (C=O) groups excluding carboxylic acids is 1. The van der Waals surface area contributed by atoms with Gasteiger partial charge in [0, 0.05) is 11.9 Å². The molecule has 3 rings (SSSR count). The first-order chi connectivity index (χ1) is 11.0. The zero-order chi connectivity index (χ0) is 16.4. The van der Waals surface area contributed by atoms with E-state index in [2.05, 4.69) is 10.4 Å². The fourth-order valence-electron chi connectivity index (χ4n) is 3.03. The Hall–Kier alpha value is -2.21. The van der Waals surface area contributed by atoms with Crippen LogP contribution in [-0.2, 0) is 4.79 Å². The maximum atomic E-state index is 14.2. The first-order valence-corrected chi connectivity index (χ1v) is 7.79. The number of amides is 1. The van der Waals surface area contributed by atoms with Gasteiger partial charge < -0.3 is 10.4 Å². The van der Waals surface area contributed by atoms with E-state index in [0.29, 0.717) is 24.2 Å². The predicted molar refractivity (Wildman–Crippen MR) is 84.9 cm³/mol. The second kappa shape index (κ2) is 6.12. The van der Waals surface area contributed by atoms with Crippen LogP contribution in [0.2, 0.25) is 0 Å². The molecule has 2 N–H and O–H groups in total. The minimum Gasteiger partial charge on any atom is -0.389 e. The van der Waals surface area contributed by atoms with Gasteiger partial charge in [0.1, 0.15) is 5.69 Å². The summed E-state index contributed by atoms with van der Waals surface area (Å²) in [5.41, 5.74) is 0.730. The number of nitrogens with one attached hydrogen (secondary N) is 1. The molecule has 122 valence electrons. The number of aliphatic hydroxyl groups is 1. The molecule has 1 saturated carbocycles. The van der Waals surface area contributed by atoms with E-state index in [4.69, 9.17) is 0 Å². The van der Waals surface area contributed by atoms with Gasteiger partial charge in [-0.2, -0.15) is 5.10 Å². The van der Waals surface area contributed by atoms with Gasteiger partial charge in [0.15, 0.2) is 5.82 Å². The van der Waals surface area contributed by atoms with Gasteiger partial charge in [-0.1, -0.05) is 12.8 Å². The Labute approximate surface area is 134 Å². The molecule has 6 heteroatoms. The highest BCUT2D eigenvalue weighted by atomic mass is 19.1. The third-order valence-corrected chi connectivity index (χ3v) is 4.21. The number of hydrogen-bond donors (Lipinski definition) is 2. The van der Waals surface area contributed by atoms with E-state index in [9.17, 15) is 14.3 Å². The van der Waals surface area contributed by atoms with Gasteiger partial charge in [-0.25, -0.2) is 9.07 Å². The number of aryl methyl sites for hydroxylation is 1. The van der Waals surface area contributed by atoms with Crippen LogP contribution in [-0.4, -0.2) is 26.4 Å². The van der Waals surface area contributed by atoms with Crippen LogP contribution in [0.25, 0.3) is 5.69 Å². The average molecular weight is 317 g/mol. The summed E-state index contributed by atoms with van der Waals surface area (Å²) in [5.74, 6) is -0.762. The normalized spacial score (nSPS) is 16.5. The summed E-state index contributed by atoms with van der Waals surface area (Å²) in [6, 6.07) is 4.47. The van der Waals surface area contributed by atoms with Crippen molar-refractivity contribution in [3.8, 4) is 5.69 Å². The van der Waals surface area contributed by atoms with Crippen LogP contribution in [0.4, 0.5) is 10.1 Å². The standard InChI is InChI=1S/C17H20FN3O2/c1-12-10-19-21(11-12)15-5-4-13(8-14(15)18)20-16(22)9-17(23)6-2-3-7-17/h4-5,8,10-11,23H,2-3,6-7,9H2,1H3,(H,20,22). The molecule has 1 fully saturated rings. The topological polar surface area (TPSA) is 67.2 Å².